The Bertz CT molecular complexity index is 671. The highest BCUT2D eigenvalue weighted by atomic mass is 19.4. The number of halogens is 3. The summed E-state index contributed by atoms with van der Waals surface area (Å²) in [4.78, 5) is 4.18. The Hall–Kier alpha value is -2.28. The lowest BCUT2D eigenvalue weighted by Gasteiger charge is -2.22. The van der Waals surface area contributed by atoms with Gasteiger partial charge >= 0.3 is 6.18 Å². The van der Waals surface area contributed by atoms with E-state index in [0.717, 1.165) is 17.7 Å². The number of fused-ring (bicyclic) bond motifs is 1. The van der Waals surface area contributed by atoms with E-state index in [0.29, 0.717) is 18.9 Å². The van der Waals surface area contributed by atoms with Crippen LogP contribution in [0.25, 0.3) is 0 Å². The SMILES string of the molecule is NC1CCOc2nc(Oc3ccc(C(F)(F)F)cc3)ccc21. The zero-order valence-corrected chi connectivity index (χ0v) is 11.4. The fourth-order valence-electron chi connectivity index (χ4n) is 2.16. The van der Waals surface area contributed by atoms with Crippen molar-refractivity contribution in [2.75, 3.05) is 6.61 Å². The molecule has 1 aromatic heterocycles. The van der Waals surface area contributed by atoms with Crippen molar-refractivity contribution in [2.45, 2.75) is 18.6 Å². The van der Waals surface area contributed by atoms with Crippen molar-refractivity contribution in [1.82, 2.24) is 4.98 Å². The fourth-order valence-corrected chi connectivity index (χ4v) is 2.16. The number of aromatic nitrogens is 1. The molecule has 4 nitrogen and oxygen atoms in total. The van der Waals surface area contributed by atoms with Crippen LogP contribution in [0.5, 0.6) is 17.5 Å². The molecule has 1 unspecified atom stereocenters. The number of alkyl halides is 3. The van der Waals surface area contributed by atoms with E-state index >= 15 is 0 Å². The van der Waals surface area contributed by atoms with Crippen LogP contribution < -0.4 is 15.2 Å². The summed E-state index contributed by atoms with van der Waals surface area (Å²) < 4.78 is 48.3. The van der Waals surface area contributed by atoms with Gasteiger partial charge in [0.05, 0.1) is 12.2 Å². The number of pyridine rings is 1. The molecule has 2 N–H and O–H groups in total. The van der Waals surface area contributed by atoms with E-state index in [-0.39, 0.29) is 17.7 Å². The summed E-state index contributed by atoms with van der Waals surface area (Å²) in [7, 11) is 0. The van der Waals surface area contributed by atoms with Crippen molar-refractivity contribution in [3.05, 3.63) is 47.5 Å². The summed E-state index contributed by atoms with van der Waals surface area (Å²) in [5, 5.41) is 0. The number of nitrogens with zero attached hydrogens (tertiary/aromatic N) is 1. The average molecular weight is 310 g/mol. The molecule has 116 valence electrons. The Morgan fingerprint density at radius 2 is 1.86 bits per heavy atom. The number of rotatable bonds is 2. The third kappa shape index (κ3) is 2.99. The molecule has 7 heteroatoms. The Balaban J connectivity index is 1.79. The second-order valence-corrected chi connectivity index (χ2v) is 4.91. The summed E-state index contributed by atoms with van der Waals surface area (Å²) in [5.41, 5.74) is 6.01. The topological polar surface area (TPSA) is 57.4 Å². The van der Waals surface area contributed by atoms with Crippen molar-refractivity contribution in [2.24, 2.45) is 5.73 Å². The predicted molar refractivity (Wildman–Crippen MR) is 72.8 cm³/mol. The third-order valence-corrected chi connectivity index (χ3v) is 3.34. The van der Waals surface area contributed by atoms with Gasteiger partial charge in [-0.05, 0) is 30.3 Å². The van der Waals surface area contributed by atoms with Crippen LogP contribution in [0.3, 0.4) is 0 Å². The van der Waals surface area contributed by atoms with Gasteiger partial charge in [0.25, 0.3) is 0 Å². The van der Waals surface area contributed by atoms with E-state index < -0.39 is 11.7 Å². The lowest BCUT2D eigenvalue weighted by Crippen LogP contribution is -2.21. The molecule has 3 rings (SSSR count). The van der Waals surface area contributed by atoms with Crippen molar-refractivity contribution >= 4 is 0 Å². The lowest BCUT2D eigenvalue weighted by molar-refractivity contribution is -0.137. The number of ether oxygens (including phenoxy) is 2. The molecule has 0 saturated carbocycles. The molecular weight excluding hydrogens is 297 g/mol. The third-order valence-electron chi connectivity index (χ3n) is 3.34. The standard InChI is InChI=1S/C15H13F3N2O2/c16-15(17,18)9-1-3-10(4-2-9)22-13-6-5-11-12(19)7-8-21-14(11)20-13/h1-6,12H,7-8,19H2. The summed E-state index contributed by atoms with van der Waals surface area (Å²) in [6.07, 6.45) is -3.65. The second-order valence-electron chi connectivity index (χ2n) is 4.91. The van der Waals surface area contributed by atoms with Crippen LogP contribution in [-0.2, 0) is 6.18 Å². The summed E-state index contributed by atoms with van der Waals surface area (Å²) in [6, 6.07) is 7.65. The van der Waals surface area contributed by atoms with Gasteiger partial charge in [0.1, 0.15) is 5.75 Å². The molecule has 1 aliphatic heterocycles. The first-order valence-electron chi connectivity index (χ1n) is 6.68. The largest absolute Gasteiger partial charge is 0.477 e. The van der Waals surface area contributed by atoms with E-state index in [1.807, 2.05) is 0 Å². The maximum atomic E-state index is 12.5. The zero-order valence-electron chi connectivity index (χ0n) is 11.4. The van der Waals surface area contributed by atoms with Crippen LogP contribution in [0.4, 0.5) is 13.2 Å². The molecule has 1 aromatic carbocycles. The molecule has 0 radical (unpaired) electrons. The summed E-state index contributed by atoms with van der Waals surface area (Å²) >= 11 is 0. The van der Waals surface area contributed by atoms with Crippen molar-refractivity contribution < 1.29 is 22.6 Å². The van der Waals surface area contributed by atoms with Crippen LogP contribution in [-0.4, -0.2) is 11.6 Å². The average Bonchev–Trinajstić information content (AvgIpc) is 2.47. The monoisotopic (exact) mass is 310 g/mol. The first kappa shape index (κ1) is 14.6. The van der Waals surface area contributed by atoms with Gasteiger partial charge in [0.15, 0.2) is 0 Å². The van der Waals surface area contributed by atoms with E-state index in [1.165, 1.54) is 12.1 Å². The number of hydrogen-bond acceptors (Lipinski definition) is 4. The molecule has 2 heterocycles. The predicted octanol–water partition coefficient (Wildman–Crippen LogP) is 3.68. The Labute approximate surface area is 124 Å². The maximum absolute atomic E-state index is 12.5. The van der Waals surface area contributed by atoms with Gasteiger partial charge in [-0.3, -0.25) is 0 Å². The highest BCUT2D eigenvalue weighted by molar-refractivity contribution is 5.37. The highest BCUT2D eigenvalue weighted by Gasteiger charge is 2.30. The Morgan fingerprint density at radius 1 is 1.14 bits per heavy atom. The second kappa shape index (κ2) is 5.49. The first-order chi connectivity index (χ1) is 10.4. The molecule has 1 atom stereocenters. The molecule has 0 aliphatic carbocycles. The Kier molecular flexibility index (Phi) is 3.66. The highest BCUT2D eigenvalue weighted by Crippen LogP contribution is 2.33. The normalized spacial score (nSPS) is 17.5. The molecular formula is C15H13F3N2O2. The van der Waals surface area contributed by atoms with Crippen LogP contribution in [0.15, 0.2) is 36.4 Å². The van der Waals surface area contributed by atoms with Crippen molar-refractivity contribution in [3.63, 3.8) is 0 Å². The smallest absolute Gasteiger partial charge is 0.416 e. The first-order valence-corrected chi connectivity index (χ1v) is 6.68. The van der Waals surface area contributed by atoms with Crippen LogP contribution in [0.1, 0.15) is 23.6 Å². The van der Waals surface area contributed by atoms with Gasteiger partial charge in [-0.15, -0.1) is 0 Å². The minimum atomic E-state index is -4.37. The van der Waals surface area contributed by atoms with Crippen LogP contribution in [0.2, 0.25) is 0 Å². The lowest BCUT2D eigenvalue weighted by atomic mass is 10.1. The number of benzene rings is 1. The van der Waals surface area contributed by atoms with E-state index in [2.05, 4.69) is 4.98 Å². The minimum Gasteiger partial charge on any atom is -0.477 e. The summed E-state index contributed by atoms with van der Waals surface area (Å²) in [5.74, 6) is 0.913. The molecule has 0 bridgehead atoms. The van der Waals surface area contributed by atoms with Crippen molar-refractivity contribution in [1.29, 1.82) is 0 Å². The number of hydrogen-bond donors (Lipinski definition) is 1. The van der Waals surface area contributed by atoms with Gasteiger partial charge in [-0.1, -0.05) is 0 Å². The zero-order chi connectivity index (χ0) is 15.7. The Morgan fingerprint density at radius 3 is 2.55 bits per heavy atom. The van der Waals surface area contributed by atoms with Gasteiger partial charge in [0.2, 0.25) is 11.8 Å². The molecule has 0 amide bonds. The molecule has 2 aromatic rings. The molecule has 22 heavy (non-hydrogen) atoms. The molecule has 0 saturated heterocycles. The molecule has 1 aliphatic rings. The maximum Gasteiger partial charge on any atom is 0.416 e. The van der Waals surface area contributed by atoms with Gasteiger partial charge in [-0.25, -0.2) is 0 Å². The van der Waals surface area contributed by atoms with Gasteiger partial charge in [0, 0.05) is 24.1 Å². The van der Waals surface area contributed by atoms with Crippen molar-refractivity contribution in [3.8, 4) is 17.5 Å². The van der Waals surface area contributed by atoms with E-state index in [9.17, 15) is 13.2 Å². The molecule has 0 spiro atoms. The van der Waals surface area contributed by atoms with Crippen LogP contribution in [0, 0.1) is 0 Å². The molecule has 0 fully saturated rings. The van der Waals surface area contributed by atoms with E-state index in [1.54, 1.807) is 12.1 Å². The van der Waals surface area contributed by atoms with E-state index in [4.69, 9.17) is 15.2 Å². The quantitative estimate of drug-likeness (QED) is 0.919. The van der Waals surface area contributed by atoms with Gasteiger partial charge in [-0.2, -0.15) is 18.2 Å². The minimum absolute atomic E-state index is 0.128. The van der Waals surface area contributed by atoms with Gasteiger partial charge < -0.3 is 15.2 Å². The fraction of sp³-hybridized carbons (Fsp3) is 0.267. The number of nitrogens with two attached hydrogens (primary N) is 1. The summed E-state index contributed by atoms with van der Waals surface area (Å²) in [6.45, 7) is 0.477. The van der Waals surface area contributed by atoms with Crippen LogP contribution >= 0.6 is 0 Å².